The number of anilines is 1. The number of nitrogens with zero attached hydrogens (tertiary/aromatic N) is 4. The molecule has 3 heterocycles. The third kappa shape index (κ3) is 5.33. The fourth-order valence-electron chi connectivity index (χ4n) is 4.86. The van der Waals surface area contributed by atoms with Gasteiger partial charge in [0.25, 0.3) is 0 Å². The maximum atomic E-state index is 11.8. The fraction of sp³-hybridized carbons (Fsp3) is 0.520. The van der Waals surface area contributed by atoms with Crippen molar-refractivity contribution in [2.24, 2.45) is 5.92 Å². The molecule has 4 rings (SSSR count). The minimum Gasteiger partial charge on any atom is -0.473 e. The van der Waals surface area contributed by atoms with Crippen LogP contribution < -0.4 is 9.64 Å². The van der Waals surface area contributed by atoms with Gasteiger partial charge < -0.3 is 19.6 Å². The summed E-state index contributed by atoms with van der Waals surface area (Å²) in [6.45, 7) is 8.99. The molecule has 0 radical (unpaired) electrons. The monoisotopic (exact) mass is 438 g/mol. The molecule has 2 aliphatic heterocycles. The van der Waals surface area contributed by atoms with Crippen LogP contribution >= 0.6 is 0 Å². The molecular formula is C25H34N4O3. The molecule has 0 spiro atoms. The average Bonchev–Trinajstić information content (AvgIpc) is 2.83. The molecule has 2 aliphatic rings. The molecule has 1 aromatic heterocycles. The number of hydrogen-bond acceptors (Lipinski definition) is 5. The standard InChI is InChI=1S/C25H34N4O3/c1-19(2)28-14-15-29(25(30)31)23(17-28)21-10-12-27(13-11-21)22-8-9-24(26-16-22)32-18-20-6-4-3-5-7-20/h3-9,16,19,21,23H,10-15,17-18H2,1-2H3,(H,30,31). The van der Waals surface area contributed by atoms with Crippen molar-refractivity contribution in [3.8, 4) is 5.88 Å². The fourth-order valence-corrected chi connectivity index (χ4v) is 4.86. The summed E-state index contributed by atoms with van der Waals surface area (Å²) in [4.78, 5) is 22.7. The van der Waals surface area contributed by atoms with Crippen LogP contribution in [0, 0.1) is 5.92 Å². The molecule has 32 heavy (non-hydrogen) atoms. The van der Waals surface area contributed by atoms with E-state index >= 15 is 0 Å². The van der Waals surface area contributed by atoms with Crippen molar-refractivity contribution in [2.75, 3.05) is 37.6 Å². The van der Waals surface area contributed by atoms with Crippen LogP contribution in [0.3, 0.4) is 0 Å². The van der Waals surface area contributed by atoms with E-state index in [0.717, 1.165) is 50.3 Å². The first-order valence-corrected chi connectivity index (χ1v) is 11.6. The summed E-state index contributed by atoms with van der Waals surface area (Å²) in [6.07, 6.45) is 3.08. The number of ether oxygens (including phenoxy) is 1. The number of piperidine rings is 1. The normalized spacial score (nSPS) is 20.5. The highest BCUT2D eigenvalue weighted by Gasteiger charge is 2.37. The van der Waals surface area contributed by atoms with Crippen LogP contribution in [0.15, 0.2) is 48.7 Å². The molecule has 7 nitrogen and oxygen atoms in total. The lowest BCUT2D eigenvalue weighted by Crippen LogP contribution is -2.60. The third-order valence-corrected chi connectivity index (χ3v) is 6.83. The van der Waals surface area contributed by atoms with Crippen LogP contribution in [0.1, 0.15) is 32.3 Å². The second-order valence-corrected chi connectivity index (χ2v) is 9.09. The van der Waals surface area contributed by atoms with Crippen molar-refractivity contribution in [1.29, 1.82) is 0 Å². The number of amides is 1. The number of hydrogen-bond donors (Lipinski definition) is 1. The molecule has 0 saturated carbocycles. The molecule has 1 amide bonds. The van der Waals surface area contributed by atoms with Crippen LogP contribution in [-0.2, 0) is 6.61 Å². The Morgan fingerprint density at radius 3 is 2.47 bits per heavy atom. The topological polar surface area (TPSA) is 69.1 Å². The van der Waals surface area contributed by atoms with Gasteiger partial charge in [0.2, 0.25) is 5.88 Å². The van der Waals surface area contributed by atoms with E-state index < -0.39 is 6.09 Å². The predicted molar refractivity (Wildman–Crippen MR) is 125 cm³/mol. The van der Waals surface area contributed by atoms with Gasteiger partial charge in [0.15, 0.2) is 0 Å². The van der Waals surface area contributed by atoms with E-state index in [1.165, 1.54) is 0 Å². The van der Waals surface area contributed by atoms with E-state index in [9.17, 15) is 9.90 Å². The molecule has 172 valence electrons. The maximum Gasteiger partial charge on any atom is 0.407 e. The number of carbonyl (C=O) groups is 1. The van der Waals surface area contributed by atoms with Crippen molar-refractivity contribution in [3.05, 3.63) is 54.2 Å². The predicted octanol–water partition coefficient (Wildman–Crippen LogP) is 3.95. The van der Waals surface area contributed by atoms with E-state index in [0.29, 0.717) is 31.0 Å². The first-order valence-electron chi connectivity index (χ1n) is 11.6. The SMILES string of the molecule is CC(C)N1CCN(C(=O)O)C(C2CCN(c3ccc(OCc4ccccc4)nc3)CC2)C1. The Balaban J connectivity index is 1.32. The van der Waals surface area contributed by atoms with Crippen LogP contribution in [0.5, 0.6) is 5.88 Å². The summed E-state index contributed by atoms with van der Waals surface area (Å²) in [5.74, 6) is 1.02. The Labute approximate surface area is 190 Å². The molecule has 2 saturated heterocycles. The first-order chi connectivity index (χ1) is 15.5. The molecule has 7 heteroatoms. The van der Waals surface area contributed by atoms with Crippen LogP contribution in [-0.4, -0.2) is 70.8 Å². The lowest BCUT2D eigenvalue weighted by Gasteiger charge is -2.47. The Hall–Kier alpha value is -2.80. The minimum absolute atomic E-state index is 0.0812. The molecule has 2 aromatic rings. The van der Waals surface area contributed by atoms with Gasteiger partial charge in [0.05, 0.1) is 17.9 Å². The van der Waals surface area contributed by atoms with Crippen molar-refractivity contribution < 1.29 is 14.6 Å². The maximum absolute atomic E-state index is 11.8. The van der Waals surface area contributed by atoms with Gasteiger partial charge in [-0.05, 0) is 44.2 Å². The molecule has 1 N–H and O–H groups in total. The second-order valence-electron chi connectivity index (χ2n) is 9.09. The van der Waals surface area contributed by atoms with Crippen molar-refractivity contribution in [1.82, 2.24) is 14.8 Å². The first kappa shape index (κ1) is 22.4. The zero-order valence-corrected chi connectivity index (χ0v) is 19.1. The third-order valence-electron chi connectivity index (χ3n) is 6.83. The van der Waals surface area contributed by atoms with E-state index in [2.05, 4.69) is 34.7 Å². The Kier molecular flexibility index (Phi) is 7.15. The van der Waals surface area contributed by atoms with Crippen LogP contribution in [0.2, 0.25) is 0 Å². The Morgan fingerprint density at radius 2 is 1.84 bits per heavy atom. The average molecular weight is 439 g/mol. The molecule has 2 fully saturated rings. The highest BCUT2D eigenvalue weighted by molar-refractivity contribution is 5.65. The van der Waals surface area contributed by atoms with Crippen molar-refractivity contribution in [3.63, 3.8) is 0 Å². The van der Waals surface area contributed by atoms with Gasteiger partial charge in [-0.25, -0.2) is 9.78 Å². The summed E-state index contributed by atoms with van der Waals surface area (Å²) in [5, 5.41) is 9.71. The lowest BCUT2D eigenvalue weighted by molar-refractivity contribution is 0.0258. The van der Waals surface area contributed by atoms with E-state index in [-0.39, 0.29) is 6.04 Å². The smallest absolute Gasteiger partial charge is 0.407 e. The highest BCUT2D eigenvalue weighted by Crippen LogP contribution is 2.30. The number of carboxylic acid groups (broad SMARTS) is 1. The summed E-state index contributed by atoms with van der Waals surface area (Å²) in [5.41, 5.74) is 2.22. The minimum atomic E-state index is -0.781. The van der Waals surface area contributed by atoms with Gasteiger partial charge in [-0.1, -0.05) is 30.3 Å². The van der Waals surface area contributed by atoms with Crippen LogP contribution in [0.4, 0.5) is 10.5 Å². The van der Waals surface area contributed by atoms with Crippen LogP contribution in [0.25, 0.3) is 0 Å². The lowest BCUT2D eigenvalue weighted by atomic mass is 9.86. The summed E-state index contributed by atoms with van der Waals surface area (Å²) in [6, 6.07) is 14.6. The molecular weight excluding hydrogens is 404 g/mol. The zero-order chi connectivity index (χ0) is 22.5. The molecule has 1 atom stereocenters. The largest absolute Gasteiger partial charge is 0.473 e. The number of aromatic nitrogens is 1. The van der Waals surface area contributed by atoms with Crippen molar-refractivity contribution >= 4 is 11.8 Å². The number of rotatable bonds is 6. The molecule has 0 aliphatic carbocycles. The van der Waals surface area contributed by atoms with E-state index in [1.807, 2.05) is 42.6 Å². The summed E-state index contributed by atoms with van der Waals surface area (Å²) >= 11 is 0. The zero-order valence-electron chi connectivity index (χ0n) is 19.1. The van der Waals surface area contributed by atoms with E-state index in [4.69, 9.17) is 4.74 Å². The number of piperazine rings is 1. The molecule has 1 aromatic carbocycles. The summed E-state index contributed by atoms with van der Waals surface area (Å²) in [7, 11) is 0. The number of benzene rings is 1. The van der Waals surface area contributed by atoms with Crippen molar-refractivity contribution in [2.45, 2.75) is 45.4 Å². The van der Waals surface area contributed by atoms with Gasteiger partial charge in [0, 0.05) is 44.8 Å². The Bertz CT molecular complexity index is 867. The van der Waals surface area contributed by atoms with Gasteiger partial charge in [-0.3, -0.25) is 4.90 Å². The molecule has 1 unspecified atom stereocenters. The Morgan fingerprint density at radius 1 is 1.09 bits per heavy atom. The van der Waals surface area contributed by atoms with Gasteiger partial charge >= 0.3 is 6.09 Å². The molecule has 0 bridgehead atoms. The second kappa shape index (κ2) is 10.2. The van der Waals surface area contributed by atoms with Gasteiger partial charge in [0.1, 0.15) is 6.61 Å². The van der Waals surface area contributed by atoms with Gasteiger partial charge in [-0.2, -0.15) is 0 Å². The summed E-state index contributed by atoms with van der Waals surface area (Å²) < 4.78 is 5.80. The van der Waals surface area contributed by atoms with Gasteiger partial charge in [-0.15, -0.1) is 0 Å². The quantitative estimate of drug-likeness (QED) is 0.737. The number of pyridine rings is 1. The highest BCUT2D eigenvalue weighted by atomic mass is 16.5. The van der Waals surface area contributed by atoms with E-state index in [1.54, 1.807) is 4.90 Å².